The quantitative estimate of drug-likeness (QED) is 0.767. The van der Waals surface area contributed by atoms with E-state index in [4.69, 9.17) is 22.6 Å². The van der Waals surface area contributed by atoms with Crippen molar-refractivity contribution < 1.29 is 0 Å². The van der Waals surface area contributed by atoms with Crippen LogP contribution in [0.25, 0.3) is 5.70 Å². The standard InChI is InChI=1S/C9H9ClN2S/c1-2-6(4-11)9(12)7-3-8(10)13-5-7/h3,5H,2,12H2,1H3/b9-6+. The molecule has 4 heteroatoms. The maximum atomic E-state index is 8.75. The summed E-state index contributed by atoms with van der Waals surface area (Å²) in [6.45, 7) is 1.90. The SMILES string of the molecule is CC/C(C#N)=C(\N)c1csc(Cl)c1. The van der Waals surface area contributed by atoms with Gasteiger partial charge in [-0.05, 0) is 12.5 Å². The Labute approximate surface area is 86.2 Å². The summed E-state index contributed by atoms with van der Waals surface area (Å²) in [6.07, 6.45) is 0.649. The van der Waals surface area contributed by atoms with Crippen LogP contribution in [0.5, 0.6) is 0 Å². The third kappa shape index (κ3) is 2.24. The van der Waals surface area contributed by atoms with Gasteiger partial charge in [0.25, 0.3) is 0 Å². The molecule has 0 saturated carbocycles. The molecule has 0 amide bonds. The molecule has 0 spiro atoms. The van der Waals surface area contributed by atoms with Gasteiger partial charge in [-0.15, -0.1) is 11.3 Å². The lowest BCUT2D eigenvalue weighted by molar-refractivity contribution is 1.15. The maximum absolute atomic E-state index is 8.75. The molecule has 0 aliphatic rings. The van der Waals surface area contributed by atoms with Crippen molar-refractivity contribution in [2.75, 3.05) is 0 Å². The van der Waals surface area contributed by atoms with Crippen molar-refractivity contribution in [2.45, 2.75) is 13.3 Å². The van der Waals surface area contributed by atoms with E-state index in [0.29, 0.717) is 22.0 Å². The van der Waals surface area contributed by atoms with Gasteiger partial charge >= 0.3 is 0 Å². The summed E-state index contributed by atoms with van der Waals surface area (Å²) >= 11 is 7.17. The highest BCUT2D eigenvalue weighted by atomic mass is 35.5. The Morgan fingerprint density at radius 2 is 2.46 bits per heavy atom. The maximum Gasteiger partial charge on any atom is 0.0968 e. The van der Waals surface area contributed by atoms with Gasteiger partial charge in [-0.1, -0.05) is 18.5 Å². The Balaban J connectivity index is 3.09. The number of hydrogen-bond donors (Lipinski definition) is 1. The van der Waals surface area contributed by atoms with E-state index in [9.17, 15) is 0 Å². The number of thiophene rings is 1. The predicted octanol–water partition coefficient (Wildman–Crippen LogP) is 3.00. The highest BCUT2D eigenvalue weighted by Crippen LogP contribution is 2.25. The van der Waals surface area contributed by atoms with E-state index >= 15 is 0 Å². The van der Waals surface area contributed by atoms with Crippen LogP contribution < -0.4 is 5.73 Å². The Morgan fingerprint density at radius 1 is 1.77 bits per heavy atom. The molecule has 68 valence electrons. The molecule has 2 nitrogen and oxygen atoms in total. The molecular formula is C9H9ClN2S. The second-order valence-electron chi connectivity index (χ2n) is 2.50. The van der Waals surface area contributed by atoms with Crippen molar-refractivity contribution in [3.8, 4) is 6.07 Å². The van der Waals surface area contributed by atoms with Gasteiger partial charge in [0.2, 0.25) is 0 Å². The Kier molecular flexibility index (Phi) is 3.35. The minimum atomic E-state index is 0.535. The van der Waals surface area contributed by atoms with Crippen LogP contribution >= 0.6 is 22.9 Å². The topological polar surface area (TPSA) is 49.8 Å². The van der Waals surface area contributed by atoms with Gasteiger partial charge in [-0.3, -0.25) is 0 Å². The lowest BCUT2D eigenvalue weighted by atomic mass is 10.1. The molecule has 1 aromatic heterocycles. The van der Waals surface area contributed by atoms with Crippen LogP contribution in [-0.2, 0) is 0 Å². The van der Waals surface area contributed by atoms with Crippen LogP contribution in [0.1, 0.15) is 18.9 Å². The number of hydrogen-bond acceptors (Lipinski definition) is 3. The molecule has 0 aliphatic carbocycles. The van der Waals surface area contributed by atoms with E-state index in [1.165, 1.54) is 11.3 Å². The molecule has 0 unspecified atom stereocenters. The number of allylic oxidation sites excluding steroid dienone is 1. The van der Waals surface area contributed by atoms with Crippen LogP contribution in [0.2, 0.25) is 4.34 Å². The summed E-state index contributed by atoms with van der Waals surface area (Å²) < 4.78 is 0.686. The minimum Gasteiger partial charge on any atom is -0.397 e. The number of nitriles is 1. The van der Waals surface area contributed by atoms with Crippen molar-refractivity contribution in [2.24, 2.45) is 5.73 Å². The highest BCUT2D eigenvalue weighted by molar-refractivity contribution is 7.14. The second-order valence-corrected chi connectivity index (χ2v) is 4.04. The molecule has 0 aromatic carbocycles. The van der Waals surface area contributed by atoms with Gasteiger partial charge in [0.15, 0.2) is 0 Å². The fourth-order valence-electron chi connectivity index (χ4n) is 0.955. The zero-order valence-electron chi connectivity index (χ0n) is 7.17. The second kappa shape index (κ2) is 4.31. The van der Waals surface area contributed by atoms with Gasteiger partial charge in [0.05, 0.1) is 21.7 Å². The molecule has 0 atom stereocenters. The molecular weight excluding hydrogens is 204 g/mol. The lowest BCUT2D eigenvalue weighted by Gasteiger charge is -1.99. The molecule has 0 bridgehead atoms. The first-order chi connectivity index (χ1) is 6.19. The lowest BCUT2D eigenvalue weighted by Crippen LogP contribution is -1.98. The highest BCUT2D eigenvalue weighted by Gasteiger charge is 2.05. The summed E-state index contributed by atoms with van der Waals surface area (Å²) in [4.78, 5) is 0. The van der Waals surface area contributed by atoms with E-state index in [1.54, 1.807) is 6.07 Å². The molecule has 1 rings (SSSR count). The molecule has 13 heavy (non-hydrogen) atoms. The smallest absolute Gasteiger partial charge is 0.0968 e. The van der Waals surface area contributed by atoms with E-state index in [0.717, 1.165) is 5.56 Å². The summed E-state index contributed by atoms with van der Waals surface area (Å²) in [7, 11) is 0. The Morgan fingerprint density at radius 3 is 2.85 bits per heavy atom. The molecule has 0 aliphatic heterocycles. The van der Waals surface area contributed by atoms with E-state index in [2.05, 4.69) is 6.07 Å². The monoisotopic (exact) mass is 212 g/mol. The van der Waals surface area contributed by atoms with Crippen molar-refractivity contribution in [1.82, 2.24) is 0 Å². The van der Waals surface area contributed by atoms with Gasteiger partial charge in [-0.25, -0.2) is 0 Å². The molecule has 0 radical (unpaired) electrons. The molecule has 1 aromatic rings. The average molecular weight is 213 g/mol. The minimum absolute atomic E-state index is 0.535. The largest absolute Gasteiger partial charge is 0.397 e. The normalized spacial score (nSPS) is 12.1. The number of nitrogens with two attached hydrogens (primary N) is 1. The van der Waals surface area contributed by atoms with Gasteiger partial charge in [-0.2, -0.15) is 5.26 Å². The fraction of sp³-hybridized carbons (Fsp3) is 0.222. The van der Waals surface area contributed by atoms with Gasteiger partial charge in [0.1, 0.15) is 0 Å². The zero-order valence-corrected chi connectivity index (χ0v) is 8.75. The molecule has 1 heterocycles. The van der Waals surface area contributed by atoms with Crippen LogP contribution in [0, 0.1) is 11.3 Å². The average Bonchev–Trinajstić information content (AvgIpc) is 2.54. The van der Waals surface area contributed by atoms with Crippen molar-refractivity contribution in [3.05, 3.63) is 26.9 Å². The van der Waals surface area contributed by atoms with Crippen LogP contribution in [-0.4, -0.2) is 0 Å². The summed E-state index contributed by atoms with van der Waals surface area (Å²) in [5.74, 6) is 0. The van der Waals surface area contributed by atoms with Crippen molar-refractivity contribution in [3.63, 3.8) is 0 Å². The first-order valence-corrected chi connectivity index (χ1v) is 5.08. The van der Waals surface area contributed by atoms with Crippen molar-refractivity contribution in [1.29, 1.82) is 5.26 Å². The Hall–Kier alpha value is -0.980. The first-order valence-electron chi connectivity index (χ1n) is 3.82. The van der Waals surface area contributed by atoms with Crippen LogP contribution in [0.4, 0.5) is 0 Å². The molecule has 0 saturated heterocycles. The third-order valence-electron chi connectivity index (χ3n) is 1.69. The van der Waals surface area contributed by atoms with E-state index in [-0.39, 0.29) is 0 Å². The number of nitrogens with zero attached hydrogens (tertiary/aromatic N) is 1. The summed E-state index contributed by atoms with van der Waals surface area (Å²) in [5.41, 5.74) is 7.76. The fourth-order valence-corrected chi connectivity index (χ4v) is 1.84. The first kappa shape index (κ1) is 10.1. The molecule has 0 fully saturated rings. The summed E-state index contributed by atoms with van der Waals surface area (Å²) in [6, 6.07) is 3.85. The third-order valence-corrected chi connectivity index (χ3v) is 2.78. The zero-order chi connectivity index (χ0) is 9.84. The van der Waals surface area contributed by atoms with E-state index < -0.39 is 0 Å². The van der Waals surface area contributed by atoms with Crippen LogP contribution in [0.3, 0.4) is 0 Å². The van der Waals surface area contributed by atoms with Crippen LogP contribution in [0.15, 0.2) is 17.0 Å². The number of rotatable bonds is 2. The van der Waals surface area contributed by atoms with Gasteiger partial charge < -0.3 is 5.73 Å². The van der Waals surface area contributed by atoms with E-state index in [1.807, 2.05) is 12.3 Å². The molecule has 2 N–H and O–H groups in total. The van der Waals surface area contributed by atoms with Gasteiger partial charge in [0, 0.05) is 10.9 Å². The summed E-state index contributed by atoms with van der Waals surface area (Å²) in [5, 5.41) is 10.6. The predicted molar refractivity (Wildman–Crippen MR) is 56.3 cm³/mol. The van der Waals surface area contributed by atoms with Crippen molar-refractivity contribution >= 4 is 28.6 Å². The Bertz CT molecular complexity index is 373. The number of halogens is 1.